The van der Waals surface area contributed by atoms with E-state index in [9.17, 15) is 23.5 Å². The lowest BCUT2D eigenvalue weighted by molar-refractivity contribution is -0.264. The maximum atomic E-state index is 13.1. The zero-order chi connectivity index (χ0) is 18.4. The number of hydrogen-bond acceptors (Lipinski definition) is 8. The van der Waals surface area contributed by atoms with Gasteiger partial charge in [0.15, 0.2) is 12.1 Å². The number of esters is 2. The van der Waals surface area contributed by atoms with Crippen molar-refractivity contribution in [3.05, 3.63) is 0 Å². The summed E-state index contributed by atoms with van der Waals surface area (Å²) < 4.78 is 53.5. The molecule has 0 amide bonds. The van der Waals surface area contributed by atoms with Crippen molar-refractivity contribution in [1.29, 1.82) is 0 Å². The predicted molar refractivity (Wildman–Crippen MR) is 74.3 cm³/mol. The highest BCUT2D eigenvalue weighted by Gasteiger charge is 2.70. The summed E-state index contributed by atoms with van der Waals surface area (Å²) in [6.45, 7) is 0.511. The van der Waals surface area contributed by atoms with Crippen LogP contribution in [0.4, 0.5) is 8.78 Å². The van der Waals surface area contributed by atoms with Crippen LogP contribution in [0.2, 0.25) is 0 Å². The molecule has 3 aliphatic heterocycles. The van der Waals surface area contributed by atoms with E-state index in [1.54, 1.807) is 0 Å². The molecule has 144 valence electrons. The summed E-state index contributed by atoms with van der Waals surface area (Å²) in [7, 11) is 0. The second-order valence-corrected chi connectivity index (χ2v) is 7.80. The van der Waals surface area contributed by atoms with Crippen LogP contribution in [0, 0.1) is 17.8 Å². The van der Waals surface area contributed by atoms with E-state index < -0.39 is 60.5 Å². The molecular formula is C16H18F2O8. The van der Waals surface area contributed by atoms with E-state index in [1.807, 2.05) is 0 Å². The predicted octanol–water partition coefficient (Wildman–Crippen LogP) is 0.311. The summed E-state index contributed by atoms with van der Waals surface area (Å²) in [4.78, 5) is 23.3. The van der Waals surface area contributed by atoms with Crippen molar-refractivity contribution in [1.82, 2.24) is 0 Å². The summed E-state index contributed by atoms with van der Waals surface area (Å²) in [6.07, 6.45) is -2.85. The number of aliphatic hydroxyl groups excluding tert-OH is 1. The Morgan fingerprint density at radius 1 is 1.31 bits per heavy atom. The highest BCUT2D eigenvalue weighted by Crippen LogP contribution is 2.59. The molecule has 8 nitrogen and oxygen atoms in total. The molecule has 5 fully saturated rings. The van der Waals surface area contributed by atoms with Gasteiger partial charge in [-0.2, -0.15) is 8.78 Å². The number of halogens is 2. The molecule has 9 atom stereocenters. The van der Waals surface area contributed by atoms with Gasteiger partial charge in [0, 0.05) is 25.2 Å². The normalized spacial score (nSPS) is 51.6. The second-order valence-electron chi connectivity index (χ2n) is 7.80. The first-order valence-corrected chi connectivity index (χ1v) is 8.66. The summed E-state index contributed by atoms with van der Waals surface area (Å²) in [6, 6.07) is 0. The molecule has 9 unspecified atom stereocenters. The lowest BCUT2D eigenvalue weighted by Crippen LogP contribution is -2.44. The summed E-state index contributed by atoms with van der Waals surface area (Å²) in [5, 5.41) is 9.68. The fourth-order valence-corrected chi connectivity index (χ4v) is 5.00. The topological polar surface area (TPSA) is 101 Å². The van der Waals surface area contributed by atoms with E-state index in [-0.39, 0.29) is 11.8 Å². The van der Waals surface area contributed by atoms with Crippen LogP contribution in [0.1, 0.15) is 26.2 Å². The fourth-order valence-electron chi connectivity index (χ4n) is 5.00. The Hall–Kier alpha value is -1.36. The second kappa shape index (κ2) is 5.12. The van der Waals surface area contributed by atoms with E-state index in [4.69, 9.17) is 23.7 Å². The number of hydrogen-bond donors (Lipinski definition) is 1. The van der Waals surface area contributed by atoms with Crippen molar-refractivity contribution in [3.63, 3.8) is 0 Å². The first kappa shape index (κ1) is 16.8. The largest absolute Gasteiger partial charge is 0.458 e. The van der Waals surface area contributed by atoms with Gasteiger partial charge in [-0.15, -0.1) is 0 Å². The number of fused-ring (bicyclic) bond motifs is 6. The lowest BCUT2D eigenvalue weighted by atomic mass is 9.91. The number of ether oxygens (including phenoxy) is 5. The van der Waals surface area contributed by atoms with Gasteiger partial charge in [-0.05, 0) is 12.8 Å². The Balaban J connectivity index is 1.27. The van der Waals surface area contributed by atoms with Crippen molar-refractivity contribution in [2.45, 2.75) is 68.8 Å². The maximum Gasteiger partial charge on any atom is 0.376 e. The van der Waals surface area contributed by atoms with E-state index >= 15 is 0 Å². The van der Waals surface area contributed by atoms with Crippen molar-refractivity contribution >= 4 is 11.9 Å². The Bertz CT molecular complexity index is 665. The minimum Gasteiger partial charge on any atom is -0.458 e. The molecule has 3 heterocycles. The van der Waals surface area contributed by atoms with Gasteiger partial charge in [0.1, 0.15) is 24.2 Å². The van der Waals surface area contributed by atoms with E-state index in [0.29, 0.717) is 26.2 Å². The van der Waals surface area contributed by atoms with Gasteiger partial charge in [0.2, 0.25) is 6.29 Å². The first-order chi connectivity index (χ1) is 12.2. The van der Waals surface area contributed by atoms with Crippen LogP contribution in [0.15, 0.2) is 0 Å². The van der Waals surface area contributed by atoms with Crippen molar-refractivity contribution in [2.75, 3.05) is 0 Å². The van der Waals surface area contributed by atoms with Crippen LogP contribution in [0.25, 0.3) is 0 Å². The average molecular weight is 376 g/mol. The van der Waals surface area contributed by atoms with Gasteiger partial charge in [-0.25, -0.2) is 4.79 Å². The minimum absolute atomic E-state index is 0.147. The Morgan fingerprint density at radius 3 is 2.73 bits per heavy atom. The van der Waals surface area contributed by atoms with E-state index in [2.05, 4.69) is 0 Å². The smallest absolute Gasteiger partial charge is 0.376 e. The third-order valence-electron chi connectivity index (χ3n) is 6.12. The molecular weight excluding hydrogens is 358 g/mol. The van der Waals surface area contributed by atoms with Gasteiger partial charge < -0.3 is 28.8 Å². The molecule has 5 rings (SSSR count). The minimum atomic E-state index is -3.52. The third-order valence-corrected chi connectivity index (χ3v) is 6.12. The standard InChI is InChI=1S/C16H18F2O8/c1-15(17,18)14(21)22-7-3-6-2-5(7)4-16(6)25-10-8-9(23-13(10)26-16)12(20)24-11(8)19/h5-10,12-13,20H,2-4H2,1H3. The molecule has 1 N–H and O–H groups in total. The van der Waals surface area contributed by atoms with Crippen LogP contribution < -0.4 is 0 Å². The molecule has 2 bridgehead atoms. The van der Waals surface area contributed by atoms with Crippen molar-refractivity contribution in [2.24, 2.45) is 17.8 Å². The monoisotopic (exact) mass is 376 g/mol. The zero-order valence-electron chi connectivity index (χ0n) is 13.8. The van der Waals surface area contributed by atoms with Crippen LogP contribution in [-0.2, 0) is 33.3 Å². The fraction of sp³-hybridized carbons (Fsp3) is 0.875. The van der Waals surface area contributed by atoms with E-state index in [1.165, 1.54) is 0 Å². The first-order valence-electron chi connectivity index (χ1n) is 8.66. The number of rotatable bonds is 2. The highest BCUT2D eigenvalue weighted by atomic mass is 19.3. The Kier molecular flexibility index (Phi) is 3.31. The molecule has 26 heavy (non-hydrogen) atoms. The molecule has 10 heteroatoms. The summed E-state index contributed by atoms with van der Waals surface area (Å²) >= 11 is 0. The quantitative estimate of drug-likeness (QED) is 0.688. The number of aliphatic hydroxyl groups is 1. The van der Waals surface area contributed by atoms with Crippen LogP contribution in [-0.4, -0.2) is 59.6 Å². The van der Waals surface area contributed by atoms with Crippen LogP contribution in [0.3, 0.4) is 0 Å². The SMILES string of the molecule is CC(F)(F)C(=O)OC1CC2CC1CC21OC2OC3C(O)OC(=O)C3C2O1. The number of carbonyl (C=O) groups is 2. The van der Waals surface area contributed by atoms with Crippen LogP contribution in [0.5, 0.6) is 0 Å². The van der Waals surface area contributed by atoms with Gasteiger partial charge in [-0.3, -0.25) is 4.79 Å². The van der Waals surface area contributed by atoms with Gasteiger partial charge in [-0.1, -0.05) is 0 Å². The molecule has 0 aromatic rings. The summed E-state index contributed by atoms with van der Waals surface area (Å²) in [5.41, 5.74) is 0. The molecule has 0 aromatic heterocycles. The van der Waals surface area contributed by atoms with E-state index in [0.717, 1.165) is 0 Å². The van der Waals surface area contributed by atoms with Crippen LogP contribution >= 0.6 is 0 Å². The maximum absolute atomic E-state index is 13.1. The average Bonchev–Trinajstić information content (AvgIpc) is 3.27. The molecule has 2 saturated carbocycles. The molecule has 0 radical (unpaired) electrons. The third kappa shape index (κ3) is 2.19. The molecule has 3 saturated heterocycles. The van der Waals surface area contributed by atoms with Gasteiger partial charge in [0.25, 0.3) is 0 Å². The Morgan fingerprint density at radius 2 is 2.08 bits per heavy atom. The molecule has 2 aliphatic carbocycles. The summed E-state index contributed by atoms with van der Waals surface area (Å²) in [5.74, 6) is -7.66. The van der Waals surface area contributed by atoms with Gasteiger partial charge >= 0.3 is 17.9 Å². The lowest BCUT2D eigenvalue weighted by Gasteiger charge is -2.36. The number of alkyl halides is 2. The number of carbonyl (C=O) groups excluding carboxylic acids is 2. The van der Waals surface area contributed by atoms with Gasteiger partial charge in [0.05, 0.1) is 0 Å². The van der Waals surface area contributed by atoms with Crippen molar-refractivity contribution < 1.29 is 47.2 Å². The molecule has 5 aliphatic rings. The highest BCUT2D eigenvalue weighted by molar-refractivity contribution is 5.77. The molecule has 0 aromatic carbocycles. The van der Waals surface area contributed by atoms with Crippen molar-refractivity contribution in [3.8, 4) is 0 Å². The zero-order valence-corrected chi connectivity index (χ0v) is 13.8. The molecule has 1 spiro atoms. The number of cyclic esters (lactones) is 1. The Labute approximate surface area is 146 Å².